The number of primary amides is 1. The highest BCUT2D eigenvalue weighted by molar-refractivity contribution is 7.80. The van der Waals surface area contributed by atoms with E-state index < -0.39 is 0 Å². The van der Waals surface area contributed by atoms with Crippen molar-refractivity contribution in [3.63, 3.8) is 0 Å². The van der Waals surface area contributed by atoms with Crippen LogP contribution in [0.25, 0.3) is 0 Å². The summed E-state index contributed by atoms with van der Waals surface area (Å²) in [6, 6.07) is 0. The van der Waals surface area contributed by atoms with E-state index in [1.165, 1.54) is 0 Å². The quantitative estimate of drug-likeness (QED) is 0.597. The molecule has 0 aromatic carbocycles. The third-order valence-electron chi connectivity index (χ3n) is 1.97. The maximum Gasteiger partial charge on any atom is 0.218 e. The first-order chi connectivity index (χ1) is 6.91. The molecule has 5 heteroatoms. The molecule has 0 bridgehead atoms. The Morgan fingerprint density at radius 3 is 2.20 bits per heavy atom. The van der Waals surface area contributed by atoms with Gasteiger partial charge in [0.2, 0.25) is 5.91 Å². The summed E-state index contributed by atoms with van der Waals surface area (Å²) in [7, 11) is 0. The maximum atomic E-state index is 10.7. The molecule has 0 heterocycles. The second-order valence-corrected chi connectivity index (χ2v) is 4.65. The van der Waals surface area contributed by atoms with Crippen LogP contribution < -0.4 is 11.5 Å². The Hall–Kier alpha value is -0.680. The Kier molecular flexibility index (Phi) is 7.25. The standard InChI is InChI=1S/C10H21N3OS/c1-8(2)7-13(5-3-9(11)14)6-4-10(12)15/h8H,3-7H2,1-2H3,(H2,11,14)(H2,12,15). The summed E-state index contributed by atoms with van der Waals surface area (Å²) >= 11 is 4.82. The Morgan fingerprint density at radius 1 is 1.27 bits per heavy atom. The first-order valence-corrected chi connectivity index (χ1v) is 5.61. The van der Waals surface area contributed by atoms with Crippen molar-refractivity contribution in [3.8, 4) is 0 Å². The molecule has 0 radical (unpaired) electrons. The number of nitrogens with two attached hydrogens (primary N) is 2. The average molecular weight is 231 g/mol. The van der Waals surface area contributed by atoms with E-state index in [-0.39, 0.29) is 5.91 Å². The number of nitrogens with zero attached hydrogens (tertiary/aromatic N) is 1. The summed E-state index contributed by atoms with van der Waals surface area (Å²) in [5.41, 5.74) is 10.6. The van der Waals surface area contributed by atoms with Crippen LogP contribution >= 0.6 is 12.2 Å². The minimum Gasteiger partial charge on any atom is -0.393 e. The lowest BCUT2D eigenvalue weighted by molar-refractivity contribution is -0.118. The Balaban J connectivity index is 3.94. The highest BCUT2D eigenvalue weighted by Gasteiger charge is 2.08. The summed E-state index contributed by atoms with van der Waals surface area (Å²) in [5, 5.41) is 0. The van der Waals surface area contributed by atoms with E-state index in [4.69, 9.17) is 23.7 Å². The van der Waals surface area contributed by atoms with Crippen LogP contribution in [0.4, 0.5) is 0 Å². The van der Waals surface area contributed by atoms with Crippen molar-refractivity contribution < 1.29 is 4.79 Å². The SMILES string of the molecule is CC(C)CN(CCC(N)=O)CCC(N)=S. The van der Waals surface area contributed by atoms with Crippen molar-refractivity contribution in [2.24, 2.45) is 17.4 Å². The zero-order valence-electron chi connectivity index (χ0n) is 9.53. The molecule has 0 rings (SSSR count). The van der Waals surface area contributed by atoms with E-state index in [0.717, 1.165) is 13.1 Å². The third-order valence-corrected chi connectivity index (χ3v) is 2.18. The zero-order chi connectivity index (χ0) is 11.8. The van der Waals surface area contributed by atoms with Gasteiger partial charge in [-0.25, -0.2) is 0 Å². The molecule has 15 heavy (non-hydrogen) atoms. The summed E-state index contributed by atoms with van der Waals surface area (Å²) < 4.78 is 0. The van der Waals surface area contributed by atoms with Crippen LogP contribution in [-0.2, 0) is 4.79 Å². The molecule has 0 spiro atoms. The average Bonchev–Trinajstić information content (AvgIpc) is 2.08. The lowest BCUT2D eigenvalue weighted by Crippen LogP contribution is -2.33. The number of hydrogen-bond acceptors (Lipinski definition) is 3. The summed E-state index contributed by atoms with van der Waals surface area (Å²) in [5.74, 6) is 0.295. The van der Waals surface area contributed by atoms with Gasteiger partial charge in [-0.05, 0) is 5.92 Å². The molecule has 88 valence electrons. The van der Waals surface area contributed by atoms with E-state index in [9.17, 15) is 4.79 Å². The molecule has 4 nitrogen and oxygen atoms in total. The zero-order valence-corrected chi connectivity index (χ0v) is 10.3. The van der Waals surface area contributed by atoms with Crippen LogP contribution in [-0.4, -0.2) is 35.4 Å². The highest BCUT2D eigenvalue weighted by Crippen LogP contribution is 2.01. The summed E-state index contributed by atoms with van der Waals surface area (Å²) in [4.78, 5) is 13.4. The van der Waals surface area contributed by atoms with Crippen LogP contribution in [0.15, 0.2) is 0 Å². The van der Waals surface area contributed by atoms with E-state index in [0.29, 0.717) is 30.3 Å². The molecule has 0 fully saturated rings. The number of amides is 1. The van der Waals surface area contributed by atoms with Crippen molar-refractivity contribution in [2.75, 3.05) is 19.6 Å². The van der Waals surface area contributed by atoms with E-state index in [1.54, 1.807) is 0 Å². The molecule has 4 N–H and O–H groups in total. The van der Waals surface area contributed by atoms with Gasteiger partial charge in [0, 0.05) is 32.5 Å². The van der Waals surface area contributed by atoms with Crippen LogP contribution in [0.1, 0.15) is 26.7 Å². The predicted octanol–water partition coefficient (Wildman–Crippen LogP) is 0.496. The largest absolute Gasteiger partial charge is 0.393 e. The first-order valence-electron chi connectivity index (χ1n) is 5.20. The lowest BCUT2D eigenvalue weighted by atomic mass is 10.2. The van der Waals surface area contributed by atoms with E-state index >= 15 is 0 Å². The molecule has 0 aliphatic heterocycles. The maximum absolute atomic E-state index is 10.7. The lowest BCUT2D eigenvalue weighted by Gasteiger charge is -2.23. The molecule has 0 saturated carbocycles. The number of carbonyl (C=O) groups excluding carboxylic acids is 1. The van der Waals surface area contributed by atoms with Crippen molar-refractivity contribution in [3.05, 3.63) is 0 Å². The molecule has 0 aromatic rings. The topological polar surface area (TPSA) is 72.3 Å². The molecule has 0 aliphatic carbocycles. The van der Waals surface area contributed by atoms with Gasteiger partial charge in [0.1, 0.15) is 0 Å². The highest BCUT2D eigenvalue weighted by atomic mass is 32.1. The van der Waals surface area contributed by atoms with Gasteiger partial charge in [-0.15, -0.1) is 0 Å². The van der Waals surface area contributed by atoms with Gasteiger partial charge in [0.15, 0.2) is 0 Å². The Labute approximate surface area is 97.0 Å². The third kappa shape index (κ3) is 9.62. The molecule has 1 amide bonds. The second kappa shape index (κ2) is 7.59. The predicted molar refractivity (Wildman–Crippen MR) is 66.5 cm³/mol. The van der Waals surface area contributed by atoms with Gasteiger partial charge in [0.25, 0.3) is 0 Å². The number of thiocarbonyl (C=S) groups is 1. The normalized spacial score (nSPS) is 10.9. The fourth-order valence-electron chi connectivity index (χ4n) is 1.35. The Bertz CT molecular complexity index is 201. The minimum atomic E-state index is -0.265. The molecule has 0 unspecified atom stereocenters. The summed E-state index contributed by atoms with van der Waals surface area (Å²) in [6.45, 7) is 6.71. The van der Waals surface area contributed by atoms with Gasteiger partial charge < -0.3 is 16.4 Å². The van der Waals surface area contributed by atoms with Gasteiger partial charge in [0.05, 0.1) is 4.99 Å². The van der Waals surface area contributed by atoms with Gasteiger partial charge in [-0.1, -0.05) is 26.1 Å². The van der Waals surface area contributed by atoms with Crippen molar-refractivity contribution >= 4 is 23.1 Å². The van der Waals surface area contributed by atoms with E-state index in [2.05, 4.69) is 18.7 Å². The fourth-order valence-corrected chi connectivity index (χ4v) is 1.44. The number of carbonyl (C=O) groups is 1. The molecular weight excluding hydrogens is 210 g/mol. The van der Waals surface area contributed by atoms with Gasteiger partial charge in [-0.2, -0.15) is 0 Å². The van der Waals surface area contributed by atoms with Crippen LogP contribution in [0, 0.1) is 5.92 Å². The monoisotopic (exact) mass is 231 g/mol. The van der Waals surface area contributed by atoms with Crippen LogP contribution in [0.2, 0.25) is 0 Å². The summed E-state index contributed by atoms with van der Waals surface area (Å²) in [6.07, 6.45) is 1.09. The van der Waals surface area contributed by atoms with Gasteiger partial charge >= 0.3 is 0 Å². The fraction of sp³-hybridized carbons (Fsp3) is 0.800. The number of rotatable bonds is 8. The molecular formula is C10H21N3OS. The second-order valence-electron chi connectivity index (χ2n) is 4.13. The molecule has 0 saturated heterocycles. The van der Waals surface area contributed by atoms with Crippen LogP contribution in [0.3, 0.4) is 0 Å². The molecule has 0 aliphatic rings. The molecule has 0 aromatic heterocycles. The van der Waals surface area contributed by atoms with Crippen molar-refractivity contribution in [2.45, 2.75) is 26.7 Å². The van der Waals surface area contributed by atoms with Crippen molar-refractivity contribution in [1.29, 1.82) is 0 Å². The minimum absolute atomic E-state index is 0.265. The van der Waals surface area contributed by atoms with Gasteiger partial charge in [-0.3, -0.25) is 4.79 Å². The van der Waals surface area contributed by atoms with E-state index in [1.807, 2.05) is 0 Å². The smallest absolute Gasteiger partial charge is 0.218 e. The van der Waals surface area contributed by atoms with Crippen molar-refractivity contribution in [1.82, 2.24) is 4.90 Å². The molecule has 0 atom stereocenters. The van der Waals surface area contributed by atoms with Crippen LogP contribution in [0.5, 0.6) is 0 Å². The first kappa shape index (κ1) is 14.3. The Morgan fingerprint density at radius 2 is 1.80 bits per heavy atom. The number of hydrogen-bond donors (Lipinski definition) is 2.